The zero-order valence-corrected chi connectivity index (χ0v) is 11.8. The van der Waals surface area contributed by atoms with E-state index in [4.69, 9.17) is 11.6 Å². The Morgan fingerprint density at radius 3 is 2.41 bits per heavy atom. The molecule has 0 spiro atoms. The van der Waals surface area contributed by atoms with E-state index in [-0.39, 0.29) is 0 Å². The van der Waals surface area contributed by atoms with E-state index in [1.807, 2.05) is 12.1 Å². The summed E-state index contributed by atoms with van der Waals surface area (Å²) in [5, 5.41) is 4.30. The first-order valence-corrected chi connectivity index (χ1v) is 7.01. The van der Waals surface area contributed by atoms with Gasteiger partial charge in [-0.15, -0.1) is 0 Å². The predicted octanol–water partition coefficient (Wildman–Crippen LogP) is 4.30. The normalized spacial score (nSPS) is 11.1. The molecule has 17 heavy (non-hydrogen) atoms. The van der Waals surface area contributed by atoms with Crippen molar-refractivity contribution in [2.45, 2.75) is 39.5 Å². The molecule has 0 aliphatic carbocycles. The number of nitrogens with one attached hydrogen (secondary N) is 1. The molecule has 0 bridgehead atoms. The molecule has 0 fully saturated rings. The van der Waals surface area contributed by atoms with Crippen LogP contribution in [0.15, 0.2) is 24.3 Å². The van der Waals surface area contributed by atoms with E-state index in [0.29, 0.717) is 0 Å². The lowest BCUT2D eigenvalue weighted by atomic mass is 10.1. The van der Waals surface area contributed by atoms with Crippen LogP contribution in [0.4, 0.5) is 0 Å². The number of benzene rings is 1. The molecule has 96 valence electrons. The van der Waals surface area contributed by atoms with Gasteiger partial charge in [0.25, 0.3) is 0 Å². The zero-order chi connectivity index (χ0) is 12.5. The molecule has 1 nitrogen and oxygen atoms in total. The van der Waals surface area contributed by atoms with Gasteiger partial charge in [-0.05, 0) is 56.0 Å². The summed E-state index contributed by atoms with van der Waals surface area (Å²) in [6.07, 6.45) is 5.01. The van der Waals surface area contributed by atoms with Crippen LogP contribution in [0, 0.1) is 5.92 Å². The highest BCUT2D eigenvalue weighted by Gasteiger charge is 1.95. The van der Waals surface area contributed by atoms with Crippen LogP contribution in [-0.4, -0.2) is 13.1 Å². The fourth-order valence-corrected chi connectivity index (χ4v) is 1.92. The Bertz CT molecular complexity index is 292. The first-order chi connectivity index (χ1) is 8.18. The Balaban J connectivity index is 1.99. The van der Waals surface area contributed by atoms with Gasteiger partial charge in [-0.3, -0.25) is 0 Å². The van der Waals surface area contributed by atoms with Gasteiger partial charge >= 0.3 is 0 Å². The van der Waals surface area contributed by atoms with Gasteiger partial charge < -0.3 is 5.32 Å². The van der Waals surface area contributed by atoms with Crippen LogP contribution in [0.3, 0.4) is 0 Å². The van der Waals surface area contributed by atoms with E-state index < -0.39 is 0 Å². The minimum Gasteiger partial charge on any atom is -0.316 e. The Labute approximate surface area is 111 Å². The third kappa shape index (κ3) is 7.40. The van der Waals surface area contributed by atoms with Crippen LogP contribution in [0.25, 0.3) is 0 Å². The maximum Gasteiger partial charge on any atom is 0.0406 e. The van der Waals surface area contributed by atoms with E-state index in [0.717, 1.165) is 24.0 Å². The number of rotatable bonds is 8. The van der Waals surface area contributed by atoms with Gasteiger partial charge in [-0.1, -0.05) is 44.0 Å². The fraction of sp³-hybridized carbons (Fsp3) is 0.600. The van der Waals surface area contributed by atoms with Crippen LogP contribution in [-0.2, 0) is 6.42 Å². The molecule has 0 radical (unpaired) electrons. The second-order valence-electron chi connectivity index (χ2n) is 5.04. The maximum atomic E-state index is 5.85. The van der Waals surface area contributed by atoms with Crippen LogP contribution in [0.5, 0.6) is 0 Å². The zero-order valence-electron chi connectivity index (χ0n) is 11.0. The third-order valence-electron chi connectivity index (χ3n) is 2.78. The van der Waals surface area contributed by atoms with Crippen molar-refractivity contribution in [3.05, 3.63) is 34.9 Å². The molecular weight excluding hydrogens is 230 g/mol. The molecule has 1 N–H and O–H groups in total. The standard InChI is InChI=1S/C15H24ClN/c1-13(2)12-17-11-5-3-4-6-14-7-9-15(16)10-8-14/h7-10,13,17H,3-6,11-12H2,1-2H3. The molecule has 0 heterocycles. The van der Waals surface area contributed by atoms with Gasteiger partial charge in [-0.2, -0.15) is 0 Å². The highest BCUT2D eigenvalue weighted by molar-refractivity contribution is 6.30. The van der Waals surface area contributed by atoms with Gasteiger partial charge in [0.2, 0.25) is 0 Å². The Morgan fingerprint density at radius 1 is 1.06 bits per heavy atom. The van der Waals surface area contributed by atoms with Crippen LogP contribution < -0.4 is 5.32 Å². The fourth-order valence-electron chi connectivity index (χ4n) is 1.80. The molecule has 1 aromatic rings. The third-order valence-corrected chi connectivity index (χ3v) is 3.04. The molecule has 0 unspecified atom stereocenters. The monoisotopic (exact) mass is 253 g/mol. The molecule has 1 rings (SSSR count). The lowest BCUT2D eigenvalue weighted by Crippen LogP contribution is -2.20. The molecule has 0 aliphatic heterocycles. The molecule has 0 amide bonds. The lowest BCUT2D eigenvalue weighted by Gasteiger charge is -2.07. The number of unbranched alkanes of at least 4 members (excludes halogenated alkanes) is 2. The minimum atomic E-state index is 0.754. The summed E-state index contributed by atoms with van der Waals surface area (Å²) in [5.74, 6) is 0.754. The number of hydrogen-bond acceptors (Lipinski definition) is 1. The quantitative estimate of drug-likeness (QED) is 0.682. The summed E-state index contributed by atoms with van der Waals surface area (Å²) in [7, 11) is 0. The SMILES string of the molecule is CC(C)CNCCCCCc1ccc(Cl)cc1. The smallest absolute Gasteiger partial charge is 0.0406 e. The molecule has 0 saturated heterocycles. The summed E-state index contributed by atoms with van der Waals surface area (Å²) in [5.41, 5.74) is 1.39. The van der Waals surface area contributed by atoms with Crippen LogP contribution in [0.2, 0.25) is 5.02 Å². The summed E-state index contributed by atoms with van der Waals surface area (Å²) >= 11 is 5.85. The Kier molecular flexibility index (Phi) is 7.30. The first kappa shape index (κ1) is 14.5. The molecule has 0 saturated carbocycles. The van der Waals surface area contributed by atoms with Crippen molar-refractivity contribution in [3.63, 3.8) is 0 Å². The Morgan fingerprint density at radius 2 is 1.76 bits per heavy atom. The largest absolute Gasteiger partial charge is 0.316 e. The molecule has 0 atom stereocenters. The first-order valence-electron chi connectivity index (χ1n) is 6.63. The van der Waals surface area contributed by atoms with Crippen molar-refractivity contribution < 1.29 is 0 Å². The van der Waals surface area contributed by atoms with Crippen molar-refractivity contribution in [1.29, 1.82) is 0 Å². The maximum absolute atomic E-state index is 5.85. The summed E-state index contributed by atoms with van der Waals surface area (Å²) in [6, 6.07) is 8.20. The minimum absolute atomic E-state index is 0.754. The molecule has 0 aliphatic rings. The predicted molar refractivity (Wildman–Crippen MR) is 76.7 cm³/mol. The van der Waals surface area contributed by atoms with Gasteiger partial charge in [0.1, 0.15) is 0 Å². The average Bonchev–Trinajstić information content (AvgIpc) is 2.30. The highest BCUT2D eigenvalue weighted by Crippen LogP contribution is 2.12. The molecular formula is C15H24ClN. The topological polar surface area (TPSA) is 12.0 Å². The van der Waals surface area contributed by atoms with Gasteiger partial charge in [0.05, 0.1) is 0 Å². The lowest BCUT2D eigenvalue weighted by molar-refractivity contribution is 0.530. The van der Waals surface area contributed by atoms with Crippen molar-refractivity contribution >= 4 is 11.6 Å². The van der Waals surface area contributed by atoms with Gasteiger partial charge in [0.15, 0.2) is 0 Å². The molecule has 0 aromatic heterocycles. The van der Waals surface area contributed by atoms with Crippen LogP contribution in [0.1, 0.15) is 38.7 Å². The van der Waals surface area contributed by atoms with Crippen molar-refractivity contribution in [1.82, 2.24) is 5.32 Å². The van der Waals surface area contributed by atoms with E-state index in [1.165, 1.54) is 31.2 Å². The number of hydrogen-bond donors (Lipinski definition) is 1. The summed E-state index contributed by atoms with van der Waals surface area (Å²) < 4.78 is 0. The summed E-state index contributed by atoms with van der Waals surface area (Å²) in [4.78, 5) is 0. The van der Waals surface area contributed by atoms with Crippen molar-refractivity contribution in [2.75, 3.05) is 13.1 Å². The second-order valence-corrected chi connectivity index (χ2v) is 5.47. The van der Waals surface area contributed by atoms with Crippen LogP contribution >= 0.6 is 11.6 Å². The van der Waals surface area contributed by atoms with Crippen molar-refractivity contribution in [2.24, 2.45) is 5.92 Å². The van der Waals surface area contributed by atoms with E-state index in [9.17, 15) is 0 Å². The molecule has 1 aromatic carbocycles. The number of halogens is 1. The molecule has 2 heteroatoms. The van der Waals surface area contributed by atoms with E-state index in [2.05, 4.69) is 31.3 Å². The van der Waals surface area contributed by atoms with Crippen molar-refractivity contribution in [3.8, 4) is 0 Å². The van der Waals surface area contributed by atoms with Gasteiger partial charge in [-0.25, -0.2) is 0 Å². The van der Waals surface area contributed by atoms with E-state index >= 15 is 0 Å². The Hall–Kier alpha value is -0.530. The van der Waals surface area contributed by atoms with Gasteiger partial charge in [0, 0.05) is 5.02 Å². The van der Waals surface area contributed by atoms with E-state index in [1.54, 1.807) is 0 Å². The number of aryl methyl sites for hydroxylation is 1. The highest BCUT2D eigenvalue weighted by atomic mass is 35.5. The second kappa shape index (κ2) is 8.54. The average molecular weight is 254 g/mol. The summed E-state index contributed by atoms with van der Waals surface area (Å²) in [6.45, 7) is 6.77.